The summed E-state index contributed by atoms with van der Waals surface area (Å²) in [4.78, 5) is 28.9. The number of anilines is 2. The van der Waals surface area contributed by atoms with Gasteiger partial charge < -0.3 is 25.4 Å². The van der Waals surface area contributed by atoms with Crippen LogP contribution < -0.4 is 10.6 Å². The summed E-state index contributed by atoms with van der Waals surface area (Å²) in [7, 11) is 7.69. The molecule has 0 bridgehead atoms. The summed E-state index contributed by atoms with van der Waals surface area (Å²) in [5, 5.41) is 14.8. The molecule has 0 atom stereocenters. The Hall–Kier alpha value is -5.13. The van der Waals surface area contributed by atoms with Crippen molar-refractivity contribution in [1.82, 2.24) is 34.9 Å². The molecule has 0 saturated heterocycles. The van der Waals surface area contributed by atoms with E-state index >= 15 is 0 Å². The molecule has 1 amide bonds. The van der Waals surface area contributed by atoms with E-state index in [1.165, 1.54) is 6.07 Å². The lowest BCUT2D eigenvalue weighted by molar-refractivity contribution is -0.116. The number of fused-ring (bicyclic) bond motifs is 2. The first-order valence-corrected chi connectivity index (χ1v) is 14.3. The fourth-order valence-corrected chi connectivity index (χ4v) is 5.19. The Balaban J connectivity index is 1.33. The van der Waals surface area contributed by atoms with Gasteiger partial charge >= 0.3 is 0 Å². The molecule has 0 aliphatic rings. The second-order valence-corrected chi connectivity index (χ2v) is 11.3. The van der Waals surface area contributed by atoms with Crippen molar-refractivity contribution in [2.75, 3.05) is 58.5 Å². The average Bonchev–Trinajstić information content (AvgIpc) is 3.60. The van der Waals surface area contributed by atoms with Gasteiger partial charge in [0.1, 0.15) is 17.0 Å². The van der Waals surface area contributed by atoms with E-state index in [2.05, 4.69) is 35.7 Å². The second kappa shape index (κ2) is 12.2. The van der Waals surface area contributed by atoms with Crippen LogP contribution in [-0.2, 0) is 4.79 Å². The molecule has 0 fully saturated rings. The number of nitrogens with one attached hydrogen (secondary N) is 4. The molecular weight excluding hydrogens is 557 g/mol. The average molecular weight is 592 g/mol. The highest BCUT2D eigenvalue weighted by Gasteiger charge is 2.16. The van der Waals surface area contributed by atoms with Crippen molar-refractivity contribution in [2.24, 2.45) is 0 Å². The summed E-state index contributed by atoms with van der Waals surface area (Å²) >= 11 is 0. The number of aromatic nitrogens is 5. The molecule has 0 radical (unpaired) electrons. The van der Waals surface area contributed by atoms with Crippen molar-refractivity contribution in [3.05, 3.63) is 78.9 Å². The Kier molecular flexibility index (Phi) is 8.05. The van der Waals surface area contributed by atoms with Gasteiger partial charge in [-0.25, -0.2) is 9.37 Å². The fraction of sp³-hybridized carbons (Fsp3) is 0.212. The molecule has 10 nitrogen and oxygen atoms in total. The first-order chi connectivity index (χ1) is 21.2. The van der Waals surface area contributed by atoms with E-state index in [9.17, 15) is 9.18 Å². The number of carbonyl (C=O) groups excluding carboxylic acids is 1. The third-order valence-corrected chi connectivity index (χ3v) is 7.20. The van der Waals surface area contributed by atoms with Crippen molar-refractivity contribution in [3.8, 4) is 33.8 Å². The van der Waals surface area contributed by atoms with Gasteiger partial charge in [0.25, 0.3) is 0 Å². The van der Waals surface area contributed by atoms with Crippen LogP contribution in [0.1, 0.15) is 0 Å². The van der Waals surface area contributed by atoms with Crippen LogP contribution in [0.25, 0.3) is 55.7 Å². The summed E-state index contributed by atoms with van der Waals surface area (Å²) in [5.41, 5.74) is 8.31. The maximum atomic E-state index is 14.7. The highest BCUT2D eigenvalue weighted by molar-refractivity contribution is 6.01. The van der Waals surface area contributed by atoms with E-state index in [4.69, 9.17) is 4.98 Å². The fourth-order valence-electron chi connectivity index (χ4n) is 5.19. The number of pyridine rings is 2. The smallest absolute Gasteiger partial charge is 0.238 e. The predicted molar refractivity (Wildman–Crippen MR) is 174 cm³/mol. The molecular formula is C33H34FN9O. The van der Waals surface area contributed by atoms with Gasteiger partial charge in [0.05, 0.1) is 35.3 Å². The van der Waals surface area contributed by atoms with Crippen LogP contribution in [0.3, 0.4) is 0 Å². The summed E-state index contributed by atoms with van der Waals surface area (Å²) in [6.45, 7) is 1.82. The normalized spacial score (nSPS) is 11.6. The molecule has 0 saturated carbocycles. The van der Waals surface area contributed by atoms with Crippen LogP contribution in [0.4, 0.5) is 15.8 Å². The molecule has 11 heteroatoms. The van der Waals surface area contributed by atoms with Gasteiger partial charge in [0.2, 0.25) is 5.91 Å². The molecule has 6 aromatic rings. The molecule has 44 heavy (non-hydrogen) atoms. The number of nitrogens with zero attached hydrogens (tertiary/aromatic N) is 5. The lowest BCUT2D eigenvalue weighted by atomic mass is 10.0. The summed E-state index contributed by atoms with van der Waals surface area (Å²) in [5.74, 6) is -0.420. The maximum absolute atomic E-state index is 14.7. The lowest BCUT2D eigenvalue weighted by Crippen LogP contribution is -2.27. The SMILES string of the molecule is CN(C)CCNc1cc(F)cc(-c2cccc3[nH]c(-c4n[nH]c5ccc(-c6cncc(NC(=O)CN(C)C)c6)nc45)cc23)c1. The number of amides is 1. The van der Waals surface area contributed by atoms with Crippen LogP contribution in [0, 0.1) is 5.82 Å². The minimum absolute atomic E-state index is 0.122. The van der Waals surface area contributed by atoms with Crippen molar-refractivity contribution in [2.45, 2.75) is 0 Å². The number of rotatable bonds is 10. The third kappa shape index (κ3) is 6.29. The largest absolute Gasteiger partial charge is 0.384 e. The molecule has 2 aromatic carbocycles. The molecule has 4 heterocycles. The van der Waals surface area contributed by atoms with Gasteiger partial charge in [-0.15, -0.1) is 0 Å². The number of aromatic amines is 2. The van der Waals surface area contributed by atoms with Gasteiger partial charge in [0, 0.05) is 41.4 Å². The number of hydrogen-bond donors (Lipinski definition) is 4. The van der Waals surface area contributed by atoms with E-state index in [0.717, 1.165) is 51.0 Å². The molecule has 4 aromatic heterocycles. The number of carbonyl (C=O) groups is 1. The number of H-pyrrole nitrogens is 2. The van der Waals surface area contributed by atoms with Crippen molar-refractivity contribution in [1.29, 1.82) is 0 Å². The summed E-state index contributed by atoms with van der Waals surface area (Å²) < 4.78 is 14.7. The van der Waals surface area contributed by atoms with Gasteiger partial charge in [-0.2, -0.15) is 5.10 Å². The monoisotopic (exact) mass is 591 g/mol. The van der Waals surface area contributed by atoms with Crippen molar-refractivity contribution in [3.63, 3.8) is 0 Å². The summed E-state index contributed by atoms with van der Waals surface area (Å²) in [6.07, 6.45) is 3.33. The first-order valence-electron chi connectivity index (χ1n) is 14.3. The molecule has 224 valence electrons. The maximum Gasteiger partial charge on any atom is 0.238 e. The Morgan fingerprint density at radius 1 is 0.909 bits per heavy atom. The van der Waals surface area contributed by atoms with E-state index in [1.807, 2.05) is 76.7 Å². The van der Waals surface area contributed by atoms with Crippen molar-refractivity contribution >= 4 is 39.2 Å². The molecule has 0 aliphatic heterocycles. The van der Waals surface area contributed by atoms with Crippen LogP contribution >= 0.6 is 0 Å². The Morgan fingerprint density at radius 2 is 1.75 bits per heavy atom. The lowest BCUT2D eigenvalue weighted by Gasteiger charge is -2.13. The van der Waals surface area contributed by atoms with Gasteiger partial charge in [0.15, 0.2) is 0 Å². The van der Waals surface area contributed by atoms with E-state index in [-0.39, 0.29) is 18.3 Å². The quantitative estimate of drug-likeness (QED) is 0.167. The first kappa shape index (κ1) is 29.0. The van der Waals surface area contributed by atoms with Crippen LogP contribution in [0.15, 0.2) is 73.1 Å². The minimum Gasteiger partial charge on any atom is -0.384 e. The van der Waals surface area contributed by atoms with Gasteiger partial charge in [-0.3, -0.25) is 14.9 Å². The number of hydrogen-bond acceptors (Lipinski definition) is 7. The molecule has 4 N–H and O–H groups in total. The van der Waals surface area contributed by atoms with E-state index in [1.54, 1.807) is 23.4 Å². The Labute approximate surface area is 254 Å². The number of benzene rings is 2. The van der Waals surface area contributed by atoms with Crippen LogP contribution in [-0.4, -0.2) is 88.7 Å². The van der Waals surface area contributed by atoms with Crippen LogP contribution in [0.5, 0.6) is 0 Å². The molecule has 0 spiro atoms. The van der Waals surface area contributed by atoms with E-state index in [0.29, 0.717) is 29.1 Å². The van der Waals surface area contributed by atoms with Crippen LogP contribution in [0.2, 0.25) is 0 Å². The number of halogens is 1. The highest BCUT2D eigenvalue weighted by Crippen LogP contribution is 2.35. The van der Waals surface area contributed by atoms with E-state index < -0.39 is 0 Å². The van der Waals surface area contributed by atoms with Crippen molar-refractivity contribution < 1.29 is 9.18 Å². The Morgan fingerprint density at radius 3 is 2.57 bits per heavy atom. The zero-order valence-electron chi connectivity index (χ0n) is 25.1. The third-order valence-electron chi connectivity index (χ3n) is 7.20. The number of likely N-dealkylation sites (N-methyl/N-ethyl adjacent to an activating group) is 2. The van der Waals surface area contributed by atoms with Gasteiger partial charge in [-0.05, 0) is 87.8 Å². The molecule has 0 unspecified atom stereocenters. The Bertz CT molecular complexity index is 1960. The zero-order chi connectivity index (χ0) is 30.8. The topological polar surface area (TPSA) is 118 Å². The highest BCUT2D eigenvalue weighted by atomic mass is 19.1. The standard InChI is InChI=1S/C33H34FN9O/c1-42(2)11-10-36-23-13-20(12-22(34)15-23)25-6-5-7-28-26(25)16-30(38-28)33-32-29(40-41-33)9-8-27(39-32)21-14-24(18-35-17-21)37-31(44)19-43(3)4/h5-9,12-18,36,38H,10-11,19H2,1-4H3,(H,37,44)(H,40,41). The molecule has 0 aliphatic carbocycles. The molecule has 6 rings (SSSR count). The predicted octanol–water partition coefficient (Wildman–Crippen LogP) is 5.45. The zero-order valence-corrected chi connectivity index (χ0v) is 25.1. The second-order valence-electron chi connectivity index (χ2n) is 11.3. The van der Waals surface area contributed by atoms with Gasteiger partial charge in [-0.1, -0.05) is 12.1 Å². The summed E-state index contributed by atoms with van der Waals surface area (Å²) in [6, 6.07) is 18.7. The minimum atomic E-state index is -0.298.